The molecular weight excluding hydrogens is 927 g/mol. The van der Waals surface area contributed by atoms with Crippen molar-refractivity contribution in [3.63, 3.8) is 0 Å². The van der Waals surface area contributed by atoms with Crippen LogP contribution in [-0.2, 0) is 28.5 Å². The van der Waals surface area contributed by atoms with Gasteiger partial charge >= 0.3 is 11.9 Å². The van der Waals surface area contributed by atoms with Gasteiger partial charge in [-0.2, -0.15) is 0 Å². The van der Waals surface area contributed by atoms with Gasteiger partial charge in [0.05, 0.1) is 79.6 Å². The van der Waals surface area contributed by atoms with Crippen LogP contribution in [-0.4, -0.2) is 197 Å². The first kappa shape index (κ1) is 61.8. The van der Waals surface area contributed by atoms with Crippen LogP contribution in [0.15, 0.2) is 85.1 Å². The summed E-state index contributed by atoms with van der Waals surface area (Å²) in [6.45, 7) is 7.77. The summed E-state index contributed by atoms with van der Waals surface area (Å²) < 4.78 is 23.8. The Kier molecular flexibility index (Phi) is 27.2. The first-order chi connectivity index (χ1) is 33.6. The molecule has 0 aromatic heterocycles. The van der Waals surface area contributed by atoms with Gasteiger partial charge in [-0.05, 0) is 33.1 Å². The van der Waals surface area contributed by atoms with Crippen molar-refractivity contribution in [1.29, 1.82) is 0 Å². The molecule has 3 aliphatic heterocycles. The molecule has 0 radical (unpaired) electrons. The zero-order valence-corrected chi connectivity index (χ0v) is 41.4. The molecule has 19 atom stereocenters. The van der Waals surface area contributed by atoms with Gasteiger partial charge < -0.3 is 86.6 Å². The molecular formula is C51H83N3O17. The summed E-state index contributed by atoms with van der Waals surface area (Å²) >= 11 is 0. The van der Waals surface area contributed by atoms with Crippen molar-refractivity contribution in [2.45, 2.75) is 177 Å². The van der Waals surface area contributed by atoms with E-state index in [1.54, 1.807) is 86.4 Å². The van der Waals surface area contributed by atoms with Gasteiger partial charge in [0.15, 0.2) is 12.1 Å². The van der Waals surface area contributed by atoms with Gasteiger partial charge in [-0.25, -0.2) is 0 Å². The molecule has 3 aliphatic rings. The molecule has 3 heterocycles. The third-order valence-corrected chi connectivity index (χ3v) is 13.2. The number of nitrogens with zero attached hydrogens (tertiary/aromatic N) is 1. The third kappa shape index (κ3) is 20.7. The molecule has 2 saturated heterocycles. The average Bonchev–Trinajstić information content (AvgIpc) is 3.28. The molecule has 0 spiro atoms. The van der Waals surface area contributed by atoms with Crippen molar-refractivity contribution in [1.82, 2.24) is 4.90 Å². The summed E-state index contributed by atoms with van der Waals surface area (Å²) in [7, 11) is 0. The van der Waals surface area contributed by atoms with Crippen LogP contribution in [0.5, 0.6) is 0 Å². The Bertz CT molecular complexity index is 1790. The highest BCUT2D eigenvalue weighted by Crippen LogP contribution is 2.38. The van der Waals surface area contributed by atoms with Gasteiger partial charge in [-0.3, -0.25) is 14.5 Å². The van der Waals surface area contributed by atoms with E-state index in [0.717, 1.165) is 0 Å². The van der Waals surface area contributed by atoms with E-state index in [0.29, 0.717) is 0 Å². The number of hydrogen-bond donors (Lipinski definition) is 13. The number of aliphatic hydroxyl groups excluding tert-OH is 9. The largest absolute Gasteiger partial charge is 0.481 e. The Balaban J connectivity index is 1.93. The lowest BCUT2D eigenvalue weighted by molar-refractivity contribution is -0.312. The number of carbonyl (C=O) groups is 2. The Morgan fingerprint density at radius 1 is 0.676 bits per heavy atom. The molecule has 3 rings (SSSR count). The molecule has 0 aromatic rings. The lowest BCUT2D eigenvalue weighted by atomic mass is 9.82. The second-order valence-electron chi connectivity index (χ2n) is 19.1. The number of hydrogen-bond acceptors (Lipinski definition) is 19. The summed E-state index contributed by atoms with van der Waals surface area (Å²) in [4.78, 5) is 27.1. The minimum absolute atomic E-state index is 0.113. The summed E-state index contributed by atoms with van der Waals surface area (Å²) in [6.07, 6.45) is 3.47. The number of aliphatic carboxylic acids is 1. The maximum Gasteiger partial charge on any atom is 0.311 e. The Morgan fingerprint density at radius 2 is 1.24 bits per heavy atom. The van der Waals surface area contributed by atoms with E-state index in [9.17, 15) is 65.8 Å². The van der Waals surface area contributed by atoms with Crippen LogP contribution in [0.3, 0.4) is 0 Å². The fraction of sp³-hybridized carbons (Fsp3) is 0.686. The van der Waals surface area contributed by atoms with E-state index < -0.39 is 147 Å². The number of cyclic esters (lactones) is 1. The van der Waals surface area contributed by atoms with Crippen LogP contribution in [0.25, 0.3) is 0 Å². The third-order valence-electron chi connectivity index (χ3n) is 13.2. The van der Waals surface area contributed by atoms with Crippen molar-refractivity contribution in [2.24, 2.45) is 29.2 Å². The topological polar surface area (TPSA) is 349 Å². The molecule has 71 heavy (non-hydrogen) atoms. The SMILES string of the molecule is C[C@@H]1[C@H](O)[C@@H](C)C=CC=CC=CC=CC=CC=CC=C[C@H](OC2O[C@H](C)[C@@H](O)[C@H](N(CCN)CCN)[C@@H]2O)CC2O[C@](O)(C[C@@H](O)C[C@@H](O)[C@H](O)CC[C@@H](O)C[C@@H](O)CC(=O)O[C@H]1C)C[C@H](O)[C@H]2C(=O)O. The van der Waals surface area contributed by atoms with Gasteiger partial charge in [0.25, 0.3) is 0 Å². The second kappa shape index (κ2) is 31.3. The number of aliphatic hydroxyl groups is 10. The molecule has 20 nitrogen and oxygen atoms in total. The number of esters is 1. The standard InChI is InChI=1S/C51H83N3O17/c1-31-17-15-13-11-9-7-5-6-8-10-12-14-16-18-38(70-50-48(64)45(47(63)34(4)69-50)54(23-21-52)24-22-53)28-42-44(49(65)66)41(60)30-51(67,71-42)29-37(57)26-40(59)39(58)20-19-35(55)25-36(56)27-43(61)68-33(3)32(2)46(31)62/h5-18,31-42,44-48,50,55-60,62-64,67H,19-30,52-53H2,1-4H3,(H,65,66)/t31-,32-,33-,34+,35+,36+,37-,38-,39+,40+,41-,42?,44+,45-,46+,47+,48-,50?,51+/m0/s1. The molecule has 0 amide bonds. The average molecular weight is 1010 g/mol. The van der Waals surface area contributed by atoms with Crippen LogP contribution in [0.1, 0.15) is 79.1 Å². The predicted octanol–water partition coefficient (Wildman–Crippen LogP) is -0.0276. The van der Waals surface area contributed by atoms with Gasteiger partial charge in [0, 0.05) is 63.7 Å². The summed E-state index contributed by atoms with van der Waals surface area (Å²) in [6, 6.07) is -0.919. The van der Waals surface area contributed by atoms with Crippen LogP contribution in [0.4, 0.5) is 0 Å². The number of nitrogens with two attached hydrogens (primary N) is 2. The molecule has 2 fully saturated rings. The molecule has 20 heteroatoms. The lowest BCUT2D eigenvalue weighted by Crippen LogP contribution is -2.65. The molecule has 2 unspecified atom stereocenters. The van der Waals surface area contributed by atoms with Crippen LogP contribution >= 0.6 is 0 Å². The highest BCUT2D eigenvalue weighted by molar-refractivity contribution is 5.71. The van der Waals surface area contributed by atoms with Crippen molar-refractivity contribution in [2.75, 3.05) is 26.2 Å². The summed E-state index contributed by atoms with van der Waals surface area (Å²) in [5.74, 6) is -6.88. The Labute approximate surface area is 417 Å². The van der Waals surface area contributed by atoms with E-state index in [1.165, 1.54) is 0 Å². The first-order valence-corrected chi connectivity index (χ1v) is 24.7. The van der Waals surface area contributed by atoms with E-state index in [-0.39, 0.29) is 57.8 Å². The van der Waals surface area contributed by atoms with Gasteiger partial charge in [0.2, 0.25) is 0 Å². The number of ether oxygens (including phenoxy) is 4. The monoisotopic (exact) mass is 1010 g/mol. The van der Waals surface area contributed by atoms with E-state index in [1.807, 2.05) is 31.2 Å². The van der Waals surface area contributed by atoms with Crippen molar-refractivity contribution in [3.05, 3.63) is 85.1 Å². The van der Waals surface area contributed by atoms with E-state index in [4.69, 9.17) is 30.4 Å². The van der Waals surface area contributed by atoms with Crippen molar-refractivity contribution < 1.29 is 84.7 Å². The molecule has 404 valence electrons. The van der Waals surface area contributed by atoms with Gasteiger partial charge in [-0.15, -0.1) is 0 Å². The zero-order valence-electron chi connectivity index (χ0n) is 41.4. The maximum atomic E-state index is 12.7. The molecule has 0 aliphatic carbocycles. The molecule has 2 bridgehead atoms. The summed E-state index contributed by atoms with van der Waals surface area (Å²) in [5.41, 5.74) is 11.7. The Hall–Kier alpha value is -3.52. The molecule has 0 saturated carbocycles. The fourth-order valence-corrected chi connectivity index (χ4v) is 9.09. The highest BCUT2D eigenvalue weighted by Gasteiger charge is 2.51. The van der Waals surface area contributed by atoms with Crippen LogP contribution < -0.4 is 11.5 Å². The molecule has 0 aromatic carbocycles. The number of carboxylic acids is 1. The van der Waals surface area contributed by atoms with Crippen molar-refractivity contribution in [3.8, 4) is 0 Å². The Morgan fingerprint density at radius 3 is 1.80 bits per heavy atom. The predicted molar refractivity (Wildman–Crippen MR) is 262 cm³/mol. The highest BCUT2D eigenvalue weighted by atomic mass is 16.7. The number of carboxylic acid groups (broad SMARTS) is 1. The van der Waals surface area contributed by atoms with Gasteiger partial charge in [-0.1, -0.05) is 98.9 Å². The lowest BCUT2D eigenvalue weighted by Gasteiger charge is -2.47. The minimum atomic E-state index is -2.35. The number of rotatable bonds is 8. The fourth-order valence-electron chi connectivity index (χ4n) is 9.09. The van der Waals surface area contributed by atoms with E-state index in [2.05, 4.69) is 0 Å². The summed E-state index contributed by atoms with van der Waals surface area (Å²) in [5, 5.41) is 121. The smallest absolute Gasteiger partial charge is 0.311 e. The quantitative estimate of drug-likeness (QED) is 0.142. The normalized spacial score (nSPS) is 39.6. The second-order valence-corrected chi connectivity index (χ2v) is 19.1. The number of fused-ring (bicyclic) bond motifs is 2. The number of carbonyl (C=O) groups excluding carboxylic acids is 1. The first-order valence-electron chi connectivity index (χ1n) is 24.7. The van der Waals surface area contributed by atoms with Crippen molar-refractivity contribution >= 4 is 11.9 Å². The van der Waals surface area contributed by atoms with E-state index >= 15 is 0 Å². The number of allylic oxidation sites excluding steroid dienone is 12. The molecule has 15 N–H and O–H groups in total. The minimum Gasteiger partial charge on any atom is -0.481 e. The maximum absolute atomic E-state index is 12.7. The van der Waals surface area contributed by atoms with Gasteiger partial charge in [0.1, 0.15) is 18.1 Å². The van der Waals surface area contributed by atoms with Crippen LogP contribution in [0.2, 0.25) is 0 Å². The van der Waals surface area contributed by atoms with Crippen LogP contribution in [0, 0.1) is 17.8 Å². The zero-order chi connectivity index (χ0) is 52.8.